The maximum atomic E-state index is 13.2. The molecule has 1 spiro atoms. The first-order valence-corrected chi connectivity index (χ1v) is 11.9. The summed E-state index contributed by atoms with van der Waals surface area (Å²) in [4.78, 5) is 13.2. The van der Waals surface area contributed by atoms with E-state index in [1.54, 1.807) is 0 Å². The average molecular weight is 331 g/mol. The van der Waals surface area contributed by atoms with Gasteiger partial charge in [-0.1, -0.05) is 51.5 Å². The SMILES string of the molecule is CC(C)(C)[Si](C)(C)OC1=C[C@@H]2CCC[C@@]23C=CC=C[C@@H](C1)C3=O. The van der Waals surface area contributed by atoms with Gasteiger partial charge in [-0.25, -0.2) is 0 Å². The van der Waals surface area contributed by atoms with Gasteiger partial charge in [0, 0.05) is 12.3 Å². The van der Waals surface area contributed by atoms with Gasteiger partial charge in [-0.15, -0.1) is 0 Å². The maximum absolute atomic E-state index is 13.2. The number of hydrogen-bond donors (Lipinski definition) is 0. The van der Waals surface area contributed by atoms with Crippen LogP contribution in [0.25, 0.3) is 0 Å². The topological polar surface area (TPSA) is 26.3 Å². The van der Waals surface area contributed by atoms with Crippen LogP contribution in [0.4, 0.5) is 0 Å². The molecule has 1 fully saturated rings. The highest BCUT2D eigenvalue weighted by atomic mass is 28.4. The normalized spacial score (nSPS) is 33.8. The monoisotopic (exact) mass is 330 g/mol. The smallest absolute Gasteiger partial charge is 0.250 e. The number of carbonyl (C=O) groups excluding carboxylic acids is 1. The third-order valence-corrected chi connectivity index (χ3v) is 10.8. The van der Waals surface area contributed by atoms with Crippen molar-refractivity contribution < 1.29 is 9.22 Å². The zero-order valence-electron chi connectivity index (χ0n) is 15.2. The van der Waals surface area contributed by atoms with Crippen molar-refractivity contribution in [2.45, 2.75) is 64.6 Å². The van der Waals surface area contributed by atoms with Crippen LogP contribution in [0.15, 0.2) is 36.1 Å². The molecule has 2 bridgehead atoms. The predicted octanol–water partition coefficient (Wildman–Crippen LogP) is 5.39. The number of Topliss-reactive ketones (excluding diaryl/α,β-unsaturated/α-hetero) is 1. The van der Waals surface area contributed by atoms with E-state index in [2.05, 4.69) is 64.2 Å². The Kier molecular flexibility index (Phi) is 3.99. The van der Waals surface area contributed by atoms with Crippen LogP contribution < -0.4 is 0 Å². The molecule has 1 saturated carbocycles. The lowest BCUT2D eigenvalue weighted by Gasteiger charge is -2.37. The Hall–Kier alpha value is -1.09. The van der Waals surface area contributed by atoms with Crippen molar-refractivity contribution in [3.8, 4) is 0 Å². The molecule has 0 N–H and O–H groups in total. The quantitative estimate of drug-likeness (QED) is 0.634. The van der Waals surface area contributed by atoms with E-state index >= 15 is 0 Å². The summed E-state index contributed by atoms with van der Waals surface area (Å²) in [5.41, 5.74) is -0.271. The van der Waals surface area contributed by atoms with E-state index in [-0.39, 0.29) is 16.4 Å². The summed E-state index contributed by atoms with van der Waals surface area (Å²) in [5, 5.41) is 0.180. The second-order valence-electron chi connectivity index (χ2n) is 8.95. The molecule has 0 heterocycles. The van der Waals surface area contributed by atoms with Gasteiger partial charge in [0.2, 0.25) is 8.32 Å². The van der Waals surface area contributed by atoms with Gasteiger partial charge >= 0.3 is 0 Å². The third-order valence-electron chi connectivity index (χ3n) is 6.41. The molecule has 126 valence electrons. The molecule has 3 heteroatoms. The van der Waals surface area contributed by atoms with Crippen molar-refractivity contribution in [3.05, 3.63) is 36.1 Å². The van der Waals surface area contributed by atoms with Crippen LogP contribution >= 0.6 is 0 Å². The highest BCUT2D eigenvalue weighted by Crippen LogP contribution is 2.52. The molecule has 0 unspecified atom stereocenters. The number of ketones is 1. The molecule has 23 heavy (non-hydrogen) atoms. The lowest BCUT2D eigenvalue weighted by atomic mass is 9.72. The molecule has 0 aromatic heterocycles. The Balaban J connectivity index is 1.97. The summed E-state index contributed by atoms with van der Waals surface area (Å²) in [6.07, 6.45) is 14.7. The summed E-state index contributed by atoms with van der Waals surface area (Å²) >= 11 is 0. The number of hydrogen-bond acceptors (Lipinski definition) is 2. The molecule has 3 atom stereocenters. The minimum atomic E-state index is -1.86. The summed E-state index contributed by atoms with van der Waals surface area (Å²) in [7, 11) is -1.86. The Morgan fingerprint density at radius 1 is 1.26 bits per heavy atom. The van der Waals surface area contributed by atoms with E-state index in [1.807, 2.05) is 0 Å². The highest BCUT2D eigenvalue weighted by molar-refractivity contribution is 6.74. The van der Waals surface area contributed by atoms with Gasteiger partial charge in [-0.3, -0.25) is 4.79 Å². The largest absolute Gasteiger partial charge is 0.547 e. The maximum Gasteiger partial charge on any atom is 0.250 e. The van der Waals surface area contributed by atoms with E-state index in [9.17, 15) is 4.79 Å². The van der Waals surface area contributed by atoms with Crippen molar-refractivity contribution >= 4 is 14.1 Å². The molecule has 0 aliphatic heterocycles. The molecular weight excluding hydrogens is 300 g/mol. The molecule has 0 amide bonds. The van der Waals surface area contributed by atoms with Crippen molar-refractivity contribution in [2.75, 3.05) is 0 Å². The lowest BCUT2D eigenvalue weighted by molar-refractivity contribution is -0.129. The molecule has 0 aromatic carbocycles. The Morgan fingerprint density at radius 2 is 2.00 bits per heavy atom. The van der Waals surface area contributed by atoms with E-state index in [4.69, 9.17) is 4.43 Å². The second-order valence-corrected chi connectivity index (χ2v) is 13.7. The number of allylic oxidation sites excluding steroid dienone is 6. The fourth-order valence-electron chi connectivity index (χ4n) is 3.97. The highest BCUT2D eigenvalue weighted by Gasteiger charge is 2.50. The summed E-state index contributed by atoms with van der Waals surface area (Å²) in [6, 6.07) is 0. The summed E-state index contributed by atoms with van der Waals surface area (Å²) < 4.78 is 6.62. The first kappa shape index (κ1) is 16.8. The molecule has 0 radical (unpaired) electrons. The molecular formula is C20H30O2Si. The summed E-state index contributed by atoms with van der Waals surface area (Å²) in [5.74, 6) is 1.78. The second kappa shape index (κ2) is 5.47. The number of rotatable bonds is 2. The van der Waals surface area contributed by atoms with Gasteiger partial charge in [-0.2, -0.15) is 0 Å². The minimum Gasteiger partial charge on any atom is -0.547 e. The van der Waals surface area contributed by atoms with Crippen molar-refractivity contribution in [1.29, 1.82) is 0 Å². The van der Waals surface area contributed by atoms with Crippen LogP contribution in [0.3, 0.4) is 0 Å². The number of fused-ring (bicyclic) bond motifs is 1. The molecule has 0 aromatic rings. The van der Waals surface area contributed by atoms with Gasteiger partial charge in [0.1, 0.15) is 0 Å². The molecule has 3 aliphatic rings. The fourth-order valence-corrected chi connectivity index (χ4v) is 5.08. The van der Waals surface area contributed by atoms with Crippen LogP contribution in [0.1, 0.15) is 46.5 Å². The van der Waals surface area contributed by atoms with Crippen LogP contribution in [-0.2, 0) is 9.22 Å². The fraction of sp³-hybridized carbons (Fsp3) is 0.650. The van der Waals surface area contributed by atoms with Crippen molar-refractivity contribution in [1.82, 2.24) is 0 Å². The van der Waals surface area contributed by atoms with E-state index in [0.29, 0.717) is 11.7 Å². The third kappa shape index (κ3) is 2.77. The summed E-state index contributed by atoms with van der Waals surface area (Å²) in [6.45, 7) is 11.4. The minimum absolute atomic E-state index is 0.0240. The standard InChI is InChI=1S/C20H30O2Si/c1-19(2,3)23(4,5)22-17-13-15-9-6-7-11-20(18(15)21)12-8-10-16(20)14-17/h6-7,9,11,14-16H,8,10,12-13H2,1-5H3/t15-,16-,20-/m0/s1. The van der Waals surface area contributed by atoms with E-state index < -0.39 is 8.32 Å². The Morgan fingerprint density at radius 3 is 2.70 bits per heavy atom. The predicted molar refractivity (Wildman–Crippen MR) is 97.5 cm³/mol. The zero-order chi connectivity index (χ0) is 16.9. The molecule has 3 aliphatic carbocycles. The molecule has 3 rings (SSSR count). The Bertz CT molecular complexity index is 591. The first-order chi connectivity index (χ1) is 10.7. The van der Waals surface area contributed by atoms with Crippen molar-refractivity contribution in [2.24, 2.45) is 17.3 Å². The van der Waals surface area contributed by atoms with E-state index in [1.165, 1.54) is 0 Å². The van der Waals surface area contributed by atoms with Crippen LogP contribution in [-0.4, -0.2) is 14.1 Å². The van der Waals surface area contributed by atoms with Crippen molar-refractivity contribution in [3.63, 3.8) is 0 Å². The lowest BCUT2D eigenvalue weighted by Crippen LogP contribution is -2.40. The first-order valence-electron chi connectivity index (χ1n) is 8.96. The van der Waals surface area contributed by atoms with Gasteiger partial charge in [0.15, 0.2) is 5.78 Å². The average Bonchev–Trinajstić information content (AvgIpc) is 2.72. The molecule has 2 nitrogen and oxygen atoms in total. The Labute approximate surface area is 141 Å². The van der Waals surface area contributed by atoms with E-state index in [0.717, 1.165) is 31.4 Å². The van der Waals surface area contributed by atoms with Crippen LogP contribution in [0.2, 0.25) is 18.1 Å². The van der Waals surface area contributed by atoms with Crippen LogP contribution in [0.5, 0.6) is 0 Å². The van der Waals surface area contributed by atoms with Gasteiger partial charge in [-0.05, 0) is 43.0 Å². The van der Waals surface area contributed by atoms with Gasteiger partial charge in [0.25, 0.3) is 0 Å². The van der Waals surface area contributed by atoms with Crippen LogP contribution in [0, 0.1) is 17.3 Å². The zero-order valence-corrected chi connectivity index (χ0v) is 16.2. The molecule has 0 saturated heterocycles. The van der Waals surface area contributed by atoms with Gasteiger partial charge < -0.3 is 4.43 Å². The number of carbonyl (C=O) groups is 1. The van der Waals surface area contributed by atoms with Gasteiger partial charge in [0.05, 0.1) is 11.2 Å².